The topological polar surface area (TPSA) is 101 Å². The zero-order valence-electron chi connectivity index (χ0n) is 14.0. The number of hydrogen-bond acceptors (Lipinski definition) is 6. The highest BCUT2D eigenvalue weighted by molar-refractivity contribution is 7.99. The van der Waals surface area contributed by atoms with E-state index >= 15 is 0 Å². The lowest BCUT2D eigenvalue weighted by molar-refractivity contribution is -0.117. The first-order valence-electron chi connectivity index (χ1n) is 7.61. The fourth-order valence-corrected chi connectivity index (χ4v) is 3.09. The normalized spacial score (nSPS) is 10.7. The number of halogens is 1. The number of thioether (sulfide) groups is 1. The van der Waals surface area contributed by atoms with Crippen molar-refractivity contribution in [1.82, 2.24) is 24.9 Å². The van der Waals surface area contributed by atoms with Gasteiger partial charge in [-0.3, -0.25) is 14.5 Å². The number of hydrogen-bond donors (Lipinski definition) is 2. The molecule has 0 unspecified atom stereocenters. The fraction of sp³-hybridized carbons (Fsp3) is 0.188. The summed E-state index contributed by atoms with van der Waals surface area (Å²) in [5.74, 6) is -0.739. The first kappa shape index (κ1) is 17.8. The average Bonchev–Trinajstić information content (AvgIpc) is 2.98. The summed E-state index contributed by atoms with van der Waals surface area (Å²) in [4.78, 5) is 28.0. The second-order valence-corrected chi connectivity index (χ2v) is 6.37. The minimum absolute atomic E-state index is 0.00836. The van der Waals surface area contributed by atoms with E-state index in [2.05, 4.69) is 25.8 Å². The zero-order chi connectivity index (χ0) is 18.7. The molecular formula is C16H15FN6O2S. The SMILES string of the molecule is Cc1cc(C)n2c(SCC(=O)NC(=O)Nc3ccccc3F)nnc2n1. The maximum Gasteiger partial charge on any atom is 0.325 e. The Labute approximate surface area is 152 Å². The Morgan fingerprint density at radius 2 is 2.00 bits per heavy atom. The minimum atomic E-state index is -0.805. The number of imide groups is 1. The maximum atomic E-state index is 13.5. The summed E-state index contributed by atoms with van der Waals surface area (Å²) >= 11 is 1.12. The molecule has 0 atom stereocenters. The maximum absolute atomic E-state index is 13.5. The Morgan fingerprint density at radius 1 is 1.23 bits per heavy atom. The van der Waals surface area contributed by atoms with Crippen molar-refractivity contribution in [1.29, 1.82) is 0 Å². The Kier molecular flexibility index (Phi) is 5.12. The van der Waals surface area contributed by atoms with E-state index in [1.54, 1.807) is 10.5 Å². The van der Waals surface area contributed by atoms with Gasteiger partial charge in [0.25, 0.3) is 5.78 Å². The number of nitrogens with one attached hydrogen (secondary N) is 2. The molecule has 0 saturated carbocycles. The van der Waals surface area contributed by atoms with Crippen LogP contribution in [0.5, 0.6) is 0 Å². The quantitative estimate of drug-likeness (QED) is 0.680. The lowest BCUT2D eigenvalue weighted by Crippen LogP contribution is -2.35. The van der Waals surface area contributed by atoms with Crippen LogP contribution in [0.2, 0.25) is 0 Å². The van der Waals surface area contributed by atoms with Crippen molar-refractivity contribution in [3.8, 4) is 0 Å². The van der Waals surface area contributed by atoms with Gasteiger partial charge in [-0.05, 0) is 32.0 Å². The number of fused-ring (bicyclic) bond motifs is 1. The lowest BCUT2D eigenvalue weighted by Gasteiger charge is -2.07. The molecule has 3 rings (SSSR count). The van der Waals surface area contributed by atoms with Crippen molar-refractivity contribution in [2.75, 3.05) is 11.1 Å². The predicted octanol–water partition coefficient (Wildman–Crippen LogP) is 2.32. The van der Waals surface area contributed by atoms with Crippen LogP contribution in [0, 0.1) is 19.7 Å². The van der Waals surface area contributed by atoms with Crippen LogP contribution in [0.25, 0.3) is 5.78 Å². The van der Waals surface area contributed by atoms with Crippen molar-refractivity contribution in [2.24, 2.45) is 0 Å². The van der Waals surface area contributed by atoms with Gasteiger partial charge in [-0.2, -0.15) is 0 Å². The minimum Gasteiger partial charge on any atom is -0.305 e. The molecular weight excluding hydrogens is 359 g/mol. The standard InChI is InChI=1S/C16H15FN6O2S/c1-9-7-10(2)23-14(18-9)21-22-16(23)26-8-13(24)20-15(25)19-12-6-4-3-5-11(12)17/h3-7H,8H2,1-2H3,(H2,19,20,24,25). The molecule has 8 nitrogen and oxygen atoms in total. The molecule has 134 valence electrons. The lowest BCUT2D eigenvalue weighted by atomic mass is 10.3. The largest absolute Gasteiger partial charge is 0.325 e. The van der Waals surface area contributed by atoms with Gasteiger partial charge in [0.2, 0.25) is 5.91 Å². The molecule has 0 aliphatic rings. The van der Waals surface area contributed by atoms with Gasteiger partial charge >= 0.3 is 6.03 Å². The number of amides is 3. The molecule has 0 aliphatic heterocycles. The molecule has 3 amide bonds. The van der Waals surface area contributed by atoms with E-state index in [4.69, 9.17) is 0 Å². The summed E-state index contributed by atoms with van der Waals surface area (Å²) in [6, 6.07) is 6.75. The molecule has 26 heavy (non-hydrogen) atoms. The molecule has 0 radical (unpaired) electrons. The van der Waals surface area contributed by atoms with Crippen molar-refractivity contribution in [3.05, 3.63) is 47.5 Å². The molecule has 0 spiro atoms. The number of rotatable bonds is 4. The molecule has 3 aromatic rings. The number of nitrogens with zero attached hydrogens (tertiary/aromatic N) is 4. The Balaban J connectivity index is 1.59. The van der Waals surface area contributed by atoms with Gasteiger partial charge in [0.15, 0.2) is 5.16 Å². The first-order valence-corrected chi connectivity index (χ1v) is 8.60. The molecule has 2 heterocycles. The van der Waals surface area contributed by atoms with Gasteiger partial charge in [-0.1, -0.05) is 23.9 Å². The van der Waals surface area contributed by atoms with Gasteiger partial charge in [-0.25, -0.2) is 14.2 Å². The summed E-state index contributed by atoms with van der Waals surface area (Å²) in [7, 11) is 0. The number of urea groups is 1. The zero-order valence-corrected chi connectivity index (χ0v) is 14.8. The third-order valence-corrected chi connectivity index (χ3v) is 4.30. The monoisotopic (exact) mass is 374 g/mol. The first-order chi connectivity index (χ1) is 12.4. The summed E-state index contributed by atoms with van der Waals surface area (Å²) in [5.41, 5.74) is 1.70. The van der Waals surface area contributed by atoms with Gasteiger partial charge in [0.1, 0.15) is 5.82 Å². The van der Waals surface area contributed by atoms with Crippen molar-refractivity contribution >= 4 is 35.2 Å². The van der Waals surface area contributed by atoms with Crippen LogP contribution in [-0.2, 0) is 4.79 Å². The Bertz CT molecular complexity index is 990. The van der Waals surface area contributed by atoms with E-state index in [1.807, 2.05) is 19.9 Å². The smallest absolute Gasteiger partial charge is 0.305 e. The van der Waals surface area contributed by atoms with E-state index < -0.39 is 17.8 Å². The summed E-state index contributed by atoms with van der Waals surface area (Å²) < 4.78 is 15.2. The van der Waals surface area contributed by atoms with Crippen molar-refractivity contribution in [3.63, 3.8) is 0 Å². The second kappa shape index (κ2) is 7.48. The molecule has 0 fully saturated rings. The highest BCUT2D eigenvalue weighted by Crippen LogP contribution is 2.18. The van der Waals surface area contributed by atoms with Crippen LogP contribution >= 0.6 is 11.8 Å². The van der Waals surface area contributed by atoms with Gasteiger partial charge in [0.05, 0.1) is 11.4 Å². The van der Waals surface area contributed by atoms with Crippen LogP contribution in [0.1, 0.15) is 11.4 Å². The van der Waals surface area contributed by atoms with Gasteiger partial charge < -0.3 is 5.32 Å². The van der Waals surface area contributed by atoms with Crippen molar-refractivity contribution in [2.45, 2.75) is 19.0 Å². The number of anilines is 1. The molecule has 0 bridgehead atoms. The van der Waals surface area contributed by atoms with E-state index in [1.165, 1.54) is 18.2 Å². The van der Waals surface area contributed by atoms with Crippen LogP contribution in [-0.4, -0.2) is 37.3 Å². The third kappa shape index (κ3) is 3.97. The van der Waals surface area contributed by atoms with Gasteiger partial charge in [0, 0.05) is 11.4 Å². The van der Waals surface area contributed by atoms with Crippen LogP contribution in [0.4, 0.5) is 14.9 Å². The van der Waals surface area contributed by atoms with E-state index in [0.29, 0.717) is 10.9 Å². The summed E-state index contributed by atoms with van der Waals surface area (Å²) in [6.07, 6.45) is 0. The molecule has 0 saturated heterocycles. The Hall–Kier alpha value is -3.01. The second-order valence-electron chi connectivity index (χ2n) is 5.43. The number of aryl methyl sites for hydroxylation is 2. The number of para-hydroxylation sites is 1. The summed E-state index contributed by atoms with van der Waals surface area (Å²) in [5, 5.41) is 12.9. The molecule has 10 heteroatoms. The van der Waals surface area contributed by atoms with Gasteiger partial charge in [-0.15, -0.1) is 10.2 Å². The van der Waals surface area contributed by atoms with E-state index in [0.717, 1.165) is 23.1 Å². The van der Waals surface area contributed by atoms with Crippen molar-refractivity contribution < 1.29 is 14.0 Å². The molecule has 1 aromatic carbocycles. The number of carbonyl (C=O) groups is 2. The number of benzene rings is 1. The Morgan fingerprint density at radius 3 is 2.77 bits per heavy atom. The number of aromatic nitrogens is 4. The number of carbonyl (C=O) groups excluding carboxylic acids is 2. The average molecular weight is 374 g/mol. The predicted molar refractivity (Wildman–Crippen MR) is 94.5 cm³/mol. The van der Waals surface area contributed by atoms with Crippen LogP contribution in [0.15, 0.2) is 35.5 Å². The highest BCUT2D eigenvalue weighted by atomic mass is 32.2. The van der Waals surface area contributed by atoms with Crippen LogP contribution < -0.4 is 10.6 Å². The van der Waals surface area contributed by atoms with Crippen LogP contribution in [0.3, 0.4) is 0 Å². The third-order valence-electron chi connectivity index (χ3n) is 3.37. The fourth-order valence-electron chi connectivity index (χ4n) is 2.30. The molecule has 0 aliphatic carbocycles. The molecule has 2 N–H and O–H groups in total. The van der Waals surface area contributed by atoms with E-state index in [-0.39, 0.29) is 11.4 Å². The summed E-state index contributed by atoms with van der Waals surface area (Å²) in [6.45, 7) is 3.74. The highest BCUT2D eigenvalue weighted by Gasteiger charge is 2.14. The molecule has 2 aromatic heterocycles. The van der Waals surface area contributed by atoms with E-state index in [9.17, 15) is 14.0 Å².